The van der Waals surface area contributed by atoms with E-state index < -0.39 is 11.7 Å². The molecule has 1 aliphatic heterocycles. The zero-order valence-corrected chi connectivity index (χ0v) is 12.7. The van der Waals surface area contributed by atoms with Crippen molar-refractivity contribution >= 4 is 5.97 Å². The van der Waals surface area contributed by atoms with Crippen LogP contribution in [0.4, 0.5) is 0 Å². The van der Waals surface area contributed by atoms with Gasteiger partial charge in [0.25, 0.3) is 0 Å². The zero-order chi connectivity index (χ0) is 15.4. The maximum Gasteiger partial charge on any atom is 0.338 e. The van der Waals surface area contributed by atoms with E-state index in [9.17, 15) is 4.79 Å². The summed E-state index contributed by atoms with van der Waals surface area (Å²) in [5, 5.41) is 0. The molecule has 114 valence electrons. The Morgan fingerprint density at radius 1 is 1.09 bits per heavy atom. The van der Waals surface area contributed by atoms with Gasteiger partial charge in [-0.1, -0.05) is 60.7 Å². The second-order valence-electron chi connectivity index (χ2n) is 5.62. The van der Waals surface area contributed by atoms with Crippen LogP contribution in [0.5, 0.6) is 0 Å². The third-order valence-corrected chi connectivity index (χ3v) is 4.23. The average molecular weight is 296 g/mol. The predicted octanol–water partition coefficient (Wildman–Crippen LogP) is 3.48. The molecule has 0 amide bonds. The standard InChI is InChI=1S/C19H20O3/c1-21-18(20)17-19(22-17,16-12-6-3-7-13-16)14-8-11-15-9-4-2-5-10-15/h2-7,9-10,12-13,17H,8,11,14H2,1H3. The van der Waals surface area contributed by atoms with E-state index in [1.807, 2.05) is 48.5 Å². The molecule has 1 aliphatic rings. The highest BCUT2D eigenvalue weighted by Crippen LogP contribution is 2.50. The lowest BCUT2D eigenvalue weighted by Crippen LogP contribution is -2.20. The number of hydrogen-bond donors (Lipinski definition) is 0. The van der Waals surface area contributed by atoms with Gasteiger partial charge in [0.2, 0.25) is 0 Å². The minimum absolute atomic E-state index is 0.288. The molecule has 0 N–H and O–H groups in total. The number of esters is 1. The Morgan fingerprint density at radius 2 is 1.73 bits per heavy atom. The minimum Gasteiger partial charge on any atom is -0.467 e. The first-order valence-corrected chi connectivity index (χ1v) is 7.61. The first-order valence-electron chi connectivity index (χ1n) is 7.61. The number of carbonyl (C=O) groups is 1. The van der Waals surface area contributed by atoms with Crippen molar-refractivity contribution in [1.29, 1.82) is 0 Å². The van der Waals surface area contributed by atoms with Crippen LogP contribution in [0.25, 0.3) is 0 Å². The number of carbonyl (C=O) groups excluding carboxylic acids is 1. The topological polar surface area (TPSA) is 38.8 Å². The lowest BCUT2D eigenvalue weighted by atomic mass is 9.89. The third-order valence-electron chi connectivity index (χ3n) is 4.23. The molecule has 1 heterocycles. The summed E-state index contributed by atoms with van der Waals surface area (Å²) in [6.45, 7) is 0. The van der Waals surface area contributed by atoms with Gasteiger partial charge < -0.3 is 9.47 Å². The van der Waals surface area contributed by atoms with Gasteiger partial charge >= 0.3 is 5.97 Å². The third kappa shape index (κ3) is 2.90. The van der Waals surface area contributed by atoms with E-state index in [0.29, 0.717) is 0 Å². The lowest BCUT2D eigenvalue weighted by Gasteiger charge is -2.13. The van der Waals surface area contributed by atoms with Gasteiger partial charge in [0.15, 0.2) is 6.10 Å². The highest BCUT2D eigenvalue weighted by molar-refractivity contribution is 5.79. The fourth-order valence-corrected chi connectivity index (χ4v) is 3.00. The van der Waals surface area contributed by atoms with E-state index in [0.717, 1.165) is 24.8 Å². The molecule has 0 saturated carbocycles. The first-order chi connectivity index (χ1) is 10.8. The van der Waals surface area contributed by atoms with Crippen LogP contribution in [-0.4, -0.2) is 19.2 Å². The summed E-state index contributed by atoms with van der Waals surface area (Å²) in [6, 6.07) is 20.3. The molecule has 22 heavy (non-hydrogen) atoms. The lowest BCUT2D eigenvalue weighted by molar-refractivity contribution is -0.142. The van der Waals surface area contributed by atoms with Crippen LogP contribution in [0.3, 0.4) is 0 Å². The maximum absolute atomic E-state index is 11.8. The van der Waals surface area contributed by atoms with Crippen LogP contribution in [-0.2, 0) is 26.3 Å². The van der Waals surface area contributed by atoms with Gasteiger partial charge in [-0.05, 0) is 30.4 Å². The average Bonchev–Trinajstić information content (AvgIpc) is 3.32. The fourth-order valence-electron chi connectivity index (χ4n) is 3.00. The fraction of sp³-hybridized carbons (Fsp3) is 0.316. The van der Waals surface area contributed by atoms with Crippen molar-refractivity contribution in [2.45, 2.75) is 31.0 Å². The molecule has 0 aliphatic carbocycles. The van der Waals surface area contributed by atoms with Crippen LogP contribution < -0.4 is 0 Å². The van der Waals surface area contributed by atoms with Crippen molar-refractivity contribution in [3.63, 3.8) is 0 Å². The van der Waals surface area contributed by atoms with Gasteiger partial charge in [-0.2, -0.15) is 0 Å². The Morgan fingerprint density at radius 3 is 2.36 bits per heavy atom. The van der Waals surface area contributed by atoms with E-state index in [-0.39, 0.29) is 5.97 Å². The number of rotatable bonds is 6. The van der Waals surface area contributed by atoms with Gasteiger partial charge in [-0.25, -0.2) is 4.79 Å². The van der Waals surface area contributed by atoms with Crippen molar-refractivity contribution in [3.8, 4) is 0 Å². The minimum atomic E-state index is -0.511. The maximum atomic E-state index is 11.8. The predicted molar refractivity (Wildman–Crippen MR) is 84.4 cm³/mol. The Bertz CT molecular complexity index is 624. The summed E-state index contributed by atoms with van der Waals surface area (Å²) in [6.07, 6.45) is 2.28. The Kier molecular flexibility index (Phi) is 4.25. The van der Waals surface area contributed by atoms with Crippen molar-refractivity contribution in [2.75, 3.05) is 7.11 Å². The van der Waals surface area contributed by atoms with Crippen molar-refractivity contribution < 1.29 is 14.3 Å². The molecule has 0 radical (unpaired) electrons. The zero-order valence-electron chi connectivity index (χ0n) is 12.7. The van der Waals surface area contributed by atoms with Crippen LogP contribution >= 0.6 is 0 Å². The number of methoxy groups -OCH3 is 1. The van der Waals surface area contributed by atoms with E-state index >= 15 is 0 Å². The molecule has 2 aromatic rings. The molecule has 1 fully saturated rings. The molecule has 0 aromatic heterocycles. The van der Waals surface area contributed by atoms with E-state index in [1.54, 1.807) is 0 Å². The van der Waals surface area contributed by atoms with E-state index in [1.165, 1.54) is 12.7 Å². The van der Waals surface area contributed by atoms with Crippen LogP contribution in [0.1, 0.15) is 24.0 Å². The van der Waals surface area contributed by atoms with E-state index in [4.69, 9.17) is 9.47 Å². The summed E-state index contributed by atoms with van der Waals surface area (Å²) >= 11 is 0. The number of epoxide rings is 1. The molecule has 2 unspecified atom stereocenters. The monoisotopic (exact) mass is 296 g/mol. The van der Waals surface area contributed by atoms with Gasteiger partial charge in [-0.3, -0.25) is 0 Å². The molecule has 3 rings (SSSR count). The van der Waals surface area contributed by atoms with Crippen LogP contribution in [0.15, 0.2) is 60.7 Å². The number of benzene rings is 2. The first kappa shape index (κ1) is 14.8. The Hall–Kier alpha value is -2.13. The Balaban J connectivity index is 1.70. The van der Waals surface area contributed by atoms with E-state index in [2.05, 4.69) is 12.1 Å². The summed E-state index contributed by atoms with van der Waals surface area (Å²) in [4.78, 5) is 11.8. The summed E-state index contributed by atoms with van der Waals surface area (Å²) in [7, 11) is 1.41. The second-order valence-corrected chi connectivity index (χ2v) is 5.62. The molecule has 2 aromatic carbocycles. The van der Waals surface area contributed by atoms with Crippen molar-refractivity contribution in [2.24, 2.45) is 0 Å². The smallest absolute Gasteiger partial charge is 0.338 e. The van der Waals surface area contributed by atoms with Gasteiger partial charge in [0.05, 0.1) is 7.11 Å². The molecule has 2 atom stereocenters. The Labute approximate surface area is 130 Å². The van der Waals surface area contributed by atoms with Gasteiger partial charge in [0.1, 0.15) is 5.60 Å². The van der Waals surface area contributed by atoms with Crippen molar-refractivity contribution in [3.05, 3.63) is 71.8 Å². The molecule has 0 spiro atoms. The number of aryl methyl sites for hydroxylation is 1. The SMILES string of the molecule is COC(=O)C1OC1(CCCc1ccccc1)c1ccccc1. The van der Waals surface area contributed by atoms with Crippen molar-refractivity contribution in [1.82, 2.24) is 0 Å². The molecule has 3 nitrogen and oxygen atoms in total. The van der Waals surface area contributed by atoms with Crippen LogP contribution in [0, 0.1) is 0 Å². The van der Waals surface area contributed by atoms with Gasteiger partial charge in [-0.15, -0.1) is 0 Å². The molecular formula is C19H20O3. The van der Waals surface area contributed by atoms with Crippen LogP contribution in [0.2, 0.25) is 0 Å². The molecule has 1 saturated heterocycles. The molecular weight excluding hydrogens is 276 g/mol. The molecule has 0 bridgehead atoms. The molecule has 3 heteroatoms. The highest BCUT2D eigenvalue weighted by atomic mass is 16.7. The largest absolute Gasteiger partial charge is 0.467 e. The summed E-state index contributed by atoms with van der Waals surface area (Å²) < 4.78 is 10.7. The number of ether oxygens (including phenoxy) is 2. The summed E-state index contributed by atoms with van der Waals surface area (Å²) in [5.74, 6) is -0.288. The second kappa shape index (κ2) is 6.32. The highest BCUT2D eigenvalue weighted by Gasteiger charge is 2.61. The normalized spacial score (nSPS) is 23.0. The summed E-state index contributed by atoms with van der Waals surface area (Å²) in [5.41, 5.74) is 1.85. The van der Waals surface area contributed by atoms with Gasteiger partial charge in [0, 0.05) is 0 Å². The quantitative estimate of drug-likeness (QED) is 0.605. The number of hydrogen-bond acceptors (Lipinski definition) is 3.